The van der Waals surface area contributed by atoms with Gasteiger partial charge in [0.1, 0.15) is 5.70 Å². The first-order valence-corrected chi connectivity index (χ1v) is 9.32. The van der Waals surface area contributed by atoms with Gasteiger partial charge >= 0.3 is 0 Å². The van der Waals surface area contributed by atoms with E-state index >= 15 is 0 Å². The lowest BCUT2D eigenvalue weighted by Crippen LogP contribution is -2.39. The van der Waals surface area contributed by atoms with Gasteiger partial charge < -0.3 is 31.8 Å². The summed E-state index contributed by atoms with van der Waals surface area (Å²) in [6.45, 7) is 2.36. The number of thioether (sulfide) groups is 1. The Morgan fingerprint density at radius 2 is 2.14 bits per heavy atom. The molecule has 10 nitrogen and oxygen atoms in total. The summed E-state index contributed by atoms with van der Waals surface area (Å²) in [5, 5.41) is 19.0. The zero-order valence-electron chi connectivity index (χ0n) is 15.1. The minimum Gasteiger partial charge on any atom is -0.459 e. The molecular formula is C17H21N9OS. The van der Waals surface area contributed by atoms with Gasteiger partial charge in [0.15, 0.2) is 17.2 Å². The van der Waals surface area contributed by atoms with Crippen molar-refractivity contribution in [3.05, 3.63) is 41.7 Å². The minimum absolute atomic E-state index is 0.0950. The van der Waals surface area contributed by atoms with E-state index < -0.39 is 0 Å². The van der Waals surface area contributed by atoms with Crippen LogP contribution in [0.3, 0.4) is 0 Å². The molecule has 0 saturated carbocycles. The summed E-state index contributed by atoms with van der Waals surface area (Å²) in [6.07, 6.45) is 4.36. The van der Waals surface area contributed by atoms with Gasteiger partial charge in [0.05, 0.1) is 22.9 Å². The fourth-order valence-corrected chi connectivity index (χ4v) is 3.12. The van der Waals surface area contributed by atoms with Crippen LogP contribution in [0, 0.1) is 0 Å². The Labute approximate surface area is 166 Å². The molecule has 7 N–H and O–H groups in total. The van der Waals surface area contributed by atoms with Crippen LogP contribution in [0.2, 0.25) is 0 Å². The van der Waals surface area contributed by atoms with Gasteiger partial charge in [0.2, 0.25) is 0 Å². The molecule has 0 aliphatic carbocycles. The molecule has 0 aromatic carbocycles. The monoisotopic (exact) mass is 399 g/mol. The molecule has 28 heavy (non-hydrogen) atoms. The predicted molar refractivity (Wildman–Crippen MR) is 113 cm³/mol. The van der Waals surface area contributed by atoms with Gasteiger partial charge in [-0.3, -0.25) is 10.4 Å². The summed E-state index contributed by atoms with van der Waals surface area (Å²) in [5.41, 5.74) is 14.0. The number of nitrogens with one attached hydrogen (secondary N) is 1. The standard InChI is InChI=1S/C17H20N9OS/c18-8-12(9-19)23-11-7-14-13(22-10-11)1-2-15(24-14)25-16(20)28-17(21)26-3-5-27-6-4-26/h1-2,7-10,18,23H,3-6,19H2,(H2,20,24,25)/q-1/p+1/b12-9+,18-8?. The topological polar surface area (TPSA) is 163 Å². The zero-order chi connectivity index (χ0) is 19.9. The molecule has 0 spiro atoms. The van der Waals surface area contributed by atoms with Gasteiger partial charge in [-0.2, -0.15) is 0 Å². The van der Waals surface area contributed by atoms with E-state index in [2.05, 4.69) is 20.3 Å². The number of nitrogens with two attached hydrogens (primary N) is 3. The van der Waals surface area contributed by atoms with E-state index in [0.717, 1.165) is 11.8 Å². The van der Waals surface area contributed by atoms with Gasteiger partial charge in [-0.05, 0) is 36.5 Å². The van der Waals surface area contributed by atoms with Crippen molar-refractivity contribution in [2.24, 2.45) is 16.5 Å². The maximum Gasteiger partial charge on any atom is 0.185 e. The number of ether oxygens (including phenoxy) is 1. The number of aromatic nitrogens is 2. The number of nitrogens with zero attached hydrogens (tertiary/aromatic N) is 5. The molecular weight excluding hydrogens is 378 g/mol. The average Bonchev–Trinajstić information content (AvgIpc) is 2.72. The van der Waals surface area contributed by atoms with Crippen LogP contribution in [-0.2, 0) is 4.74 Å². The SMILES string of the molecule is [N-]=C(SC(N)=Nc1ccc2ncc(N/C(C=[NH2+])=C/N)cc2n1)N1CCOCC1. The van der Waals surface area contributed by atoms with E-state index in [-0.39, 0.29) is 10.3 Å². The molecule has 1 fully saturated rings. The summed E-state index contributed by atoms with van der Waals surface area (Å²) in [6, 6.07) is 5.30. The van der Waals surface area contributed by atoms with Crippen molar-refractivity contribution in [1.29, 1.82) is 0 Å². The van der Waals surface area contributed by atoms with Crippen molar-refractivity contribution in [2.45, 2.75) is 0 Å². The molecule has 1 saturated heterocycles. The lowest BCUT2D eigenvalue weighted by Gasteiger charge is -2.36. The van der Waals surface area contributed by atoms with E-state index in [1.165, 1.54) is 12.4 Å². The van der Waals surface area contributed by atoms with Crippen LogP contribution in [0.15, 0.2) is 41.3 Å². The predicted octanol–water partition coefficient (Wildman–Crippen LogP) is -0.391. The van der Waals surface area contributed by atoms with Gasteiger partial charge in [0.25, 0.3) is 0 Å². The normalized spacial score (nSPS) is 15.5. The highest BCUT2D eigenvalue weighted by Gasteiger charge is 2.08. The van der Waals surface area contributed by atoms with Crippen LogP contribution >= 0.6 is 11.8 Å². The number of anilines is 1. The molecule has 0 unspecified atom stereocenters. The Kier molecular flexibility index (Phi) is 6.40. The number of hydrogen-bond donors (Lipinski definition) is 4. The summed E-state index contributed by atoms with van der Waals surface area (Å²) >= 11 is 0.987. The lowest BCUT2D eigenvalue weighted by molar-refractivity contribution is -0.104. The highest BCUT2D eigenvalue weighted by atomic mass is 32.2. The van der Waals surface area contributed by atoms with E-state index in [0.29, 0.717) is 54.5 Å². The first-order valence-electron chi connectivity index (χ1n) is 8.50. The maximum absolute atomic E-state index is 10.2. The van der Waals surface area contributed by atoms with Gasteiger partial charge in [-0.1, -0.05) is 11.8 Å². The smallest absolute Gasteiger partial charge is 0.185 e. The van der Waals surface area contributed by atoms with Gasteiger partial charge in [-0.15, -0.1) is 0 Å². The van der Waals surface area contributed by atoms with Crippen molar-refractivity contribution < 1.29 is 10.1 Å². The molecule has 11 heteroatoms. The van der Waals surface area contributed by atoms with E-state index in [1.807, 2.05) is 0 Å². The quantitative estimate of drug-likeness (QED) is 0.399. The van der Waals surface area contributed by atoms with Crippen LogP contribution in [0.5, 0.6) is 0 Å². The fraction of sp³-hybridized carbons (Fsp3) is 0.235. The number of allylic oxidation sites excluding steroid dienone is 1. The molecule has 0 atom stereocenters. The van der Waals surface area contributed by atoms with Crippen LogP contribution in [0.25, 0.3) is 16.4 Å². The third-order valence-electron chi connectivity index (χ3n) is 3.87. The van der Waals surface area contributed by atoms with E-state index in [9.17, 15) is 5.41 Å². The van der Waals surface area contributed by atoms with Gasteiger partial charge in [-0.25, -0.2) is 9.98 Å². The van der Waals surface area contributed by atoms with Crippen molar-refractivity contribution in [2.75, 3.05) is 31.6 Å². The fourth-order valence-electron chi connectivity index (χ4n) is 2.48. The molecule has 3 heterocycles. The highest BCUT2D eigenvalue weighted by molar-refractivity contribution is 8.26. The highest BCUT2D eigenvalue weighted by Crippen LogP contribution is 2.20. The van der Waals surface area contributed by atoms with Crippen molar-refractivity contribution in [1.82, 2.24) is 14.9 Å². The van der Waals surface area contributed by atoms with Crippen molar-refractivity contribution in [3.63, 3.8) is 0 Å². The number of morpholine rings is 1. The lowest BCUT2D eigenvalue weighted by atomic mass is 10.3. The Hall–Kier alpha value is -3.18. The van der Waals surface area contributed by atoms with Crippen LogP contribution < -0.4 is 22.2 Å². The first-order chi connectivity index (χ1) is 13.6. The number of aliphatic imine (C=N–C) groups is 1. The second kappa shape index (κ2) is 9.15. The van der Waals surface area contributed by atoms with Crippen molar-refractivity contribution >= 4 is 50.9 Å². The molecule has 146 valence electrons. The largest absolute Gasteiger partial charge is 0.459 e. The van der Waals surface area contributed by atoms with E-state index in [4.69, 9.17) is 21.6 Å². The third-order valence-corrected chi connectivity index (χ3v) is 4.61. The van der Waals surface area contributed by atoms with Crippen LogP contribution in [0.4, 0.5) is 11.5 Å². The molecule has 0 amide bonds. The molecule has 0 radical (unpaired) electrons. The van der Waals surface area contributed by atoms with E-state index in [1.54, 1.807) is 29.3 Å². The summed E-state index contributed by atoms with van der Waals surface area (Å²) in [7, 11) is 0. The summed E-state index contributed by atoms with van der Waals surface area (Å²) in [5.74, 6) is 0.409. The summed E-state index contributed by atoms with van der Waals surface area (Å²) in [4.78, 5) is 14.9. The molecule has 2 aromatic heterocycles. The second-order valence-electron chi connectivity index (χ2n) is 5.78. The van der Waals surface area contributed by atoms with Crippen molar-refractivity contribution in [3.8, 4) is 0 Å². The van der Waals surface area contributed by atoms with Crippen LogP contribution in [-0.4, -0.2) is 57.7 Å². The minimum atomic E-state index is 0.0950. The Morgan fingerprint density at radius 3 is 2.86 bits per heavy atom. The molecule has 0 bridgehead atoms. The molecule has 3 rings (SSSR count). The Bertz CT molecular complexity index is 937. The third kappa shape index (κ3) is 4.96. The second-order valence-corrected chi connectivity index (χ2v) is 6.77. The molecule has 1 aliphatic rings. The number of amidine groups is 2. The summed E-state index contributed by atoms with van der Waals surface area (Å²) < 4.78 is 5.26. The Balaban J connectivity index is 1.75. The maximum atomic E-state index is 10.2. The number of fused-ring (bicyclic) bond motifs is 1. The zero-order valence-corrected chi connectivity index (χ0v) is 15.9. The first kappa shape index (κ1) is 19.6. The number of pyridine rings is 2. The number of rotatable bonds is 4. The molecule has 1 aliphatic heterocycles. The average molecular weight is 399 g/mol. The van der Waals surface area contributed by atoms with Gasteiger partial charge in [0, 0.05) is 19.4 Å². The van der Waals surface area contributed by atoms with Crippen LogP contribution in [0.1, 0.15) is 0 Å². The Morgan fingerprint density at radius 1 is 1.36 bits per heavy atom. The number of hydrogen-bond acceptors (Lipinski definition) is 7. The molecule has 2 aromatic rings.